The number of nitrogens with two attached hydrogens (primary N) is 1. The number of nitrogen functional groups attached to an aromatic ring is 1. The molecule has 0 atom stereocenters. The third-order valence-corrected chi connectivity index (χ3v) is 3.79. The molecule has 5 heteroatoms. The molecule has 1 heterocycles. The van der Waals surface area contributed by atoms with Crippen LogP contribution >= 0.6 is 11.8 Å². The second-order valence-corrected chi connectivity index (χ2v) is 5.27. The van der Waals surface area contributed by atoms with Crippen molar-refractivity contribution in [2.75, 3.05) is 12.8 Å². The van der Waals surface area contributed by atoms with Crippen molar-refractivity contribution in [3.05, 3.63) is 48.0 Å². The van der Waals surface area contributed by atoms with E-state index in [1.165, 1.54) is 0 Å². The monoisotopic (exact) mass is 286 g/mol. The van der Waals surface area contributed by atoms with Crippen LogP contribution in [0.2, 0.25) is 0 Å². The van der Waals surface area contributed by atoms with Gasteiger partial charge in [-0.15, -0.1) is 0 Å². The first-order valence-electron chi connectivity index (χ1n) is 6.16. The number of rotatable bonds is 4. The lowest BCUT2D eigenvalue weighted by molar-refractivity contribution is 0.414. The van der Waals surface area contributed by atoms with Gasteiger partial charge in [-0.2, -0.15) is 0 Å². The van der Waals surface area contributed by atoms with E-state index in [0.29, 0.717) is 10.9 Å². The van der Waals surface area contributed by atoms with Gasteiger partial charge in [0.1, 0.15) is 11.3 Å². The molecule has 0 unspecified atom stereocenters. The van der Waals surface area contributed by atoms with Crippen LogP contribution in [-0.4, -0.2) is 12.1 Å². The van der Waals surface area contributed by atoms with E-state index in [0.717, 1.165) is 28.2 Å². The minimum Gasteiger partial charge on any atom is -0.497 e. The third-order valence-electron chi connectivity index (χ3n) is 2.89. The molecule has 2 N–H and O–H groups in total. The molecule has 0 saturated carbocycles. The van der Waals surface area contributed by atoms with E-state index in [9.17, 15) is 0 Å². The Balaban J connectivity index is 1.76. The molecule has 0 saturated heterocycles. The van der Waals surface area contributed by atoms with Crippen LogP contribution in [0.1, 0.15) is 5.56 Å². The van der Waals surface area contributed by atoms with E-state index in [4.69, 9.17) is 14.9 Å². The summed E-state index contributed by atoms with van der Waals surface area (Å²) in [4.78, 5) is 4.42. The van der Waals surface area contributed by atoms with E-state index >= 15 is 0 Å². The maximum atomic E-state index is 5.72. The molecule has 102 valence electrons. The summed E-state index contributed by atoms with van der Waals surface area (Å²) < 4.78 is 10.9. The molecule has 0 aliphatic rings. The Morgan fingerprint density at radius 2 is 2.15 bits per heavy atom. The number of anilines is 1. The largest absolute Gasteiger partial charge is 0.497 e. The van der Waals surface area contributed by atoms with Crippen molar-refractivity contribution < 1.29 is 9.15 Å². The van der Waals surface area contributed by atoms with Crippen molar-refractivity contribution in [1.82, 2.24) is 4.98 Å². The van der Waals surface area contributed by atoms with E-state index in [-0.39, 0.29) is 0 Å². The second kappa shape index (κ2) is 5.46. The first-order valence-corrected chi connectivity index (χ1v) is 7.15. The number of fused-ring (bicyclic) bond motifs is 1. The fourth-order valence-electron chi connectivity index (χ4n) is 1.89. The molecule has 3 aromatic rings. The lowest BCUT2D eigenvalue weighted by Gasteiger charge is -2.02. The highest BCUT2D eigenvalue weighted by Gasteiger charge is 2.07. The minimum absolute atomic E-state index is 0.647. The summed E-state index contributed by atoms with van der Waals surface area (Å²) in [5.41, 5.74) is 9.11. The van der Waals surface area contributed by atoms with Gasteiger partial charge in [-0.25, -0.2) is 4.98 Å². The molecule has 2 aromatic carbocycles. The van der Waals surface area contributed by atoms with Crippen LogP contribution in [-0.2, 0) is 5.75 Å². The predicted octanol–water partition coefficient (Wildman–Crippen LogP) is 3.71. The lowest BCUT2D eigenvalue weighted by Crippen LogP contribution is -1.85. The number of thioether (sulfide) groups is 1. The van der Waals surface area contributed by atoms with Gasteiger partial charge < -0.3 is 14.9 Å². The fraction of sp³-hybridized carbons (Fsp3) is 0.133. The molecule has 3 rings (SSSR count). The normalized spacial score (nSPS) is 10.8. The average Bonchev–Trinajstić information content (AvgIpc) is 2.87. The van der Waals surface area contributed by atoms with E-state index in [1.54, 1.807) is 24.9 Å². The van der Waals surface area contributed by atoms with Gasteiger partial charge >= 0.3 is 0 Å². The van der Waals surface area contributed by atoms with Crippen LogP contribution < -0.4 is 10.5 Å². The number of benzene rings is 2. The first-order chi connectivity index (χ1) is 9.74. The Kier molecular flexibility index (Phi) is 3.52. The number of methoxy groups -OCH3 is 1. The van der Waals surface area contributed by atoms with Gasteiger partial charge in [-0.3, -0.25) is 0 Å². The van der Waals surface area contributed by atoms with Crippen molar-refractivity contribution in [3.63, 3.8) is 0 Å². The molecule has 0 spiro atoms. The molecule has 0 fully saturated rings. The summed E-state index contributed by atoms with van der Waals surface area (Å²) in [6.07, 6.45) is 0. The van der Waals surface area contributed by atoms with Gasteiger partial charge in [0.25, 0.3) is 5.22 Å². The zero-order chi connectivity index (χ0) is 13.9. The summed E-state index contributed by atoms with van der Waals surface area (Å²) in [7, 11) is 1.66. The average molecular weight is 286 g/mol. The fourth-order valence-corrected chi connectivity index (χ4v) is 2.67. The van der Waals surface area contributed by atoms with Gasteiger partial charge in [0.2, 0.25) is 0 Å². The zero-order valence-corrected chi connectivity index (χ0v) is 11.8. The Labute approximate surface area is 120 Å². The van der Waals surface area contributed by atoms with Crippen molar-refractivity contribution in [1.29, 1.82) is 0 Å². The highest BCUT2D eigenvalue weighted by atomic mass is 32.2. The SMILES string of the molecule is COc1cccc(CSc2nc3ccc(N)cc3o2)c1. The van der Waals surface area contributed by atoms with Crippen LogP contribution in [0, 0.1) is 0 Å². The van der Waals surface area contributed by atoms with Gasteiger partial charge in [-0.05, 0) is 29.8 Å². The number of hydrogen-bond donors (Lipinski definition) is 1. The van der Waals surface area contributed by atoms with Crippen LogP contribution in [0.3, 0.4) is 0 Å². The zero-order valence-electron chi connectivity index (χ0n) is 11.0. The van der Waals surface area contributed by atoms with Crippen molar-refractivity contribution in [2.45, 2.75) is 11.0 Å². The molecule has 0 aliphatic carbocycles. The summed E-state index contributed by atoms with van der Waals surface area (Å²) in [6.45, 7) is 0. The summed E-state index contributed by atoms with van der Waals surface area (Å²) in [5, 5.41) is 0.647. The molecular weight excluding hydrogens is 272 g/mol. The van der Waals surface area contributed by atoms with E-state index in [1.807, 2.05) is 30.3 Å². The summed E-state index contributed by atoms with van der Waals surface area (Å²) in [6, 6.07) is 13.4. The molecule has 0 amide bonds. The Morgan fingerprint density at radius 3 is 3.00 bits per heavy atom. The van der Waals surface area contributed by atoms with Crippen LogP contribution in [0.15, 0.2) is 52.1 Å². The predicted molar refractivity (Wildman–Crippen MR) is 81.0 cm³/mol. The first kappa shape index (κ1) is 12.9. The number of aromatic nitrogens is 1. The third kappa shape index (κ3) is 2.72. The highest BCUT2D eigenvalue weighted by Crippen LogP contribution is 2.28. The highest BCUT2D eigenvalue weighted by molar-refractivity contribution is 7.98. The Hall–Kier alpha value is -2.14. The maximum absolute atomic E-state index is 5.72. The van der Waals surface area contributed by atoms with Gasteiger partial charge in [0.15, 0.2) is 5.58 Å². The topological polar surface area (TPSA) is 61.3 Å². The van der Waals surface area contributed by atoms with Crippen LogP contribution in [0.5, 0.6) is 5.75 Å². The maximum Gasteiger partial charge on any atom is 0.257 e. The minimum atomic E-state index is 0.647. The van der Waals surface area contributed by atoms with Crippen molar-refractivity contribution >= 4 is 28.5 Å². The van der Waals surface area contributed by atoms with Gasteiger partial charge in [0, 0.05) is 17.5 Å². The quantitative estimate of drug-likeness (QED) is 0.585. The Bertz CT molecular complexity index is 740. The number of nitrogens with zero attached hydrogens (tertiary/aromatic N) is 1. The van der Waals surface area contributed by atoms with Crippen LogP contribution in [0.4, 0.5) is 5.69 Å². The number of hydrogen-bond acceptors (Lipinski definition) is 5. The molecular formula is C15H14N2O2S. The van der Waals surface area contributed by atoms with E-state index < -0.39 is 0 Å². The van der Waals surface area contributed by atoms with Crippen molar-refractivity contribution in [2.24, 2.45) is 0 Å². The molecule has 20 heavy (non-hydrogen) atoms. The second-order valence-electron chi connectivity index (χ2n) is 4.35. The van der Waals surface area contributed by atoms with E-state index in [2.05, 4.69) is 11.1 Å². The van der Waals surface area contributed by atoms with Gasteiger partial charge in [-0.1, -0.05) is 23.9 Å². The van der Waals surface area contributed by atoms with Crippen LogP contribution in [0.25, 0.3) is 11.1 Å². The number of oxazole rings is 1. The standard InChI is InChI=1S/C15H14N2O2S/c1-18-12-4-2-3-10(7-12)9-20-15-17-13-6-5-11(16)8-14(13)19-15/h2-8H,9,16H2,1H3. The number of ether oxygens (including phenoxy) is 1. The van der Waals surface area contributed by atoms with Crippen molar-refractivity contribution in [3.8, 4) is 5.75 Å². The molecule has 0 radical (unpaired) electrons. The molecule has 1 aromatic heterocycles. The molecule has 0 bridgehead atoms. The summed E-state index contributed by atoms with van der Waals surface area (Å²) in [5.74, 6) is 1.63. The summed E-state index contributed by atoms with van der Waals surface area (Å²) >= 11 is 1.55. The molecule has 4 nitrogen and oxygen atoms in total. The smallest absolute Gasteiger partial charge is 0.257 e. The van der Waals surface area contributed by atoms with Gasteiger partial charge in [0.05, 0.1) is 7.11 Å². The molecule has 0 aliphatic heterocycles. The lowest BCUT2D eigenvalue weighted by atomic mass is 10.2. The Morgan fingerprint density at radius 1 is 1.25 bits per heavy atom.